The Hall–Kier alpha value is -1.56. The first-order valence-electron chi connectivity index (χ1n) is 6.12. The van der Waals surface area contributed by atoms with E-state index in [4.69, 9.17) is 4.74 Å². The Kier molecular flexibility index (Phi) is 3.80. The molecule has 5 nitrogen and oxygen atoms in total. The summed E-state index contributed by atoms with van der Waals surface area (Å²) in [6, 6.07) is 5.02. The van der Waals surface area contributed by atoms with Gasteiger partial charge in [0, 0.05) is 6.04 Å². The van der Waals surface area contributed by atoms with Crippen molar-refractivity contribution in [2.75, 3.05) is 11.5 Å². The zero-order valence-corrected chi connectivity index (χ0v) is 11.8. The summed E-state index contributed by atoms with van der Waals surface area (Å²) < 4.78 is 27.7. The number of benzene rings is 1. The van der Waals surface area contributed by atoms with Crippen LogP contribution >= 0.6 is 0 Å². The highest BCUT2D eigenvalue weighted by Gasteiger charge is 2.29. The van der Waals surface area contributed by atoms with Crippen molar-refractivity contribution in [3.8, 4) is 5.75 Å². The zero-order chi connectivity index (χ0) is 14.0. The fourth-order valence-corrected chi connectivity index (χ4v) is 3.66. The minimum Gasteiger partial charge on any atom is -0.410 e. The van der Waals surface area contributed by atoms with Crippen molar-refractivity contribution in [2.24, 2.45) is 0 Å². The molecule has 1 aliphatic rings. The van der Waals surface area contributed by atoms with Crippen LogP contribution in [-0.4, -0.2) is 32.1 Å². The monoisotopic (exact) mass is 283 g/mol. The molecule has 1 aromatic rings. The van der Waals surface area contributed by atoms with Crippen molar-refractivity contribution in [3.05, 3.63) is 29.3 Å². The predicted octanol–water partition coefficient (Wildman–Crippen LogP) is 1.58. The van der Waals surface area contributed by atoms with Gasteiger partial charge >= 0.3 is 6.09 Å². The molecule has 0 bridgehead atoms. The summed E-state index contributed by atoms with van der Waals surface area (Å²) in [6.45, 7) is 3.91. The van der Waals surface area contributed by atoms with Crippen molar-refractivity contribution in [1.82, 2.24) is 5.32 Å². The minimum absolute atomic E-state index is 0.00493. The molecule has 1 atom stereocenters. The topological polar surface area (TPSA) is 72.5 Å². The number of rotatable bonds is 2. The molecule has 1 fully saturated rings. The summed E-state index contributed by atoms with van der Waals surface area (Å²) in [4.78, 5) is 11.6. The molecule has 1 saturated heterocycles. The fourth-order valence-electron chi connectivity index (χ4n) is 1.99. The molecule has 1 aromatic carbocycles. The third-order valence-electron chi connectivity index (χ3n) is 3.24. The first-order chi connectivity index (χ1) is 8.85. The van der Waals surface area contributed by atoms with Gasteiger partial charge in [-0.1, -0.05) is 6.07 Å². The second kappa shape index (κ2) is 5.21. The van der Waals surface area contributed by atoms with Crippen molar-refractivity contribution in [3.63, 3.8) is 0 Å². The van der Waals surface area contributed by atoms with Crippen LogP contribution in [0, 0.1) is 13.8 Å². The van der Waals surface area contributed by atoms with Crippen molar-refractivity contribution in [1.29, 1.82) is 0 Å². The summed E-state index contributed by atoms with van der Waals surface area (Å²) in [5, 5.41) is 2.58. The van der Waals surface area contributed by atoms with Crippen molar-refractivity contribution in [2.45, 2.75) is 26.3 Å². The molecule has 0 aromatic heterocycles. The van der Waals surface area contributed by atoms with E-state index in [-0.39, 0.29) is 17.5 Å². The van der Waals surface area contributed by atoms with Gasteiger partial charge in [0.15, 0.2) is 9.84 Å². The number of sulfone groups is 1. The SMILES string of the molecule is Cc1ccc(OC(=O)N[C@H]2CCS(=O)(=O)C2)cc1C. The third-order valence-corrected chi connectivity index (χ3v) is 5.01. The highest BCUT2D eigenvalue weighted by Crippen LogP contribution is 2.17. The summed E-state index contributed by atoms with van der Waals surface area (Å²) in [5.41, 5.74) is 2.16. The average Bonchev–Trinajstić information content (AvgIpc) is 2.63. The van der Waals surface area contributed by atoms with E-state index < -0.39 is 15.9 Å². The largest absolute Gasteiger partial charge is 0.412 e. The number of carbonyl (C=O) groups is 1. The number of aryl methyl sites for hydroxylation is 2. The molecule has 1 aliphatic heterocycles. The van der Waals surface area contributed by atoms with E-state index in [1.54, 1.807) is 12.1 Å². The maximum atomic E-state index is 11.6. The number of hydrogen-bond donors (Lipinski definition) is 1. The predicted molar refractivity (Wildman–Crippen MR) is 72.1 cm³/mol. The van der Waals surface area contributed by atoms with Gasteiger partial charge in [-0.25, -0.2) is 13.2 Å². The normalized spacial score (nSPS) is 21.1. The molecule has 0 aliphatic carbocycles. The van der Waals surface area contributed by atoms with Gasteiger partial charge in [-0.3, -0.25) is 0 Å². The van der Waals surface area contributed by atoms with E-state index in [1.807, 2.05) is 19.9 Å². The van der Waals surface area contributed by atoms with Crippen LogP contribution in [-0.2, 0) is 9.84 Å². The molecule has 104 valence electrons. The molecule has 19 heavy (non-hydrogen) atoms. The van der Waals surface area contributed by atoms with Crippen LogP contribution in [0.1, 0.15) is 17.5 Å². The summed E-state index contributed by atoms with van der Waals surface area (Å²) in [6.07, 6.45) is -0.157. The maximum Gasteiger partial charge on any atom is 0.412 e. The average molecular weight is 283 g/mol. The lowest BCUT2D eigenvalue weighted by atomic mass is 10.1. The Balaban J connectivity index is 1.93. The number of carbonyl (C=O) groups excluding carboxylic acids is 1. The molecular weight excluding hydrogens is 266 g/mol. The van der Waals surface area contributed by atoms with E-state index in [1.165, 1.54) is 0 Å². The molecule has 1 N–H and O–H groups in total. The first-order valence-corrected chi connectivity index (χ1v) is 7.94. The summed E-state index contributed by atoms with van der Waals surface area (Å²) >= 11 is 0. The number of nitrogens with one attached hydrogen (secondary N) is 1. The van der Waals surface area contributed by atoms with Crippen LogP contribution in [0.2, 0.25) is 0 Å². The number of ether oxygens (including phenoxy) is 1. The van der Waals surface area contributed by atoms with Gasteiger partial charge in [0.2, 0.25) is 0 Å². The van der Waals surface area contributed by atoms with E-state index in [9.17, 15) is 13.2 Å². The molecule has 0 radical (unpaired) electrons. The van der Waals surface area contributed by atoms with Crippen LogP contribution in [0.3, 0.4) is 0 Å². The Morgan fingerprint density at radius 2 is 2.05 bits per heavy atom. The Morgan fingerprint density at radius 1 is 1.32 bits per heavy atom. The number of hydrogen-bond acceptors (Lipinski definition) is 4. The minimum atomic E-state index is -3.00. The van der Waals surface area contributed by atoms with Gasteiger partial charge < -0.3 is 10.1 Å². The van der Waals surface area contributed by atoms with Crippen LogP contribution in [0.25, 0.3) is 0 Å². The van der Waals surface area contributed by atoms with Crippen LogP contribution in [0.15, 0.2) is 18.2 Å². The maximum absolute atomic E-state index is 11.6. The molecule has 6 heteroatoms. The van der Waals surface area contributed by atoms with Gasteiger partial charge in [-0.15, -0.1) is 0 Å². The van der Waals surface area contributed by atoms with Gasteiger partial charge in [0.05, 0.1) is 11.5 Å². The smallest absolute Gasteiger partial charge is 0.410 e. The quantitative estimate of drug-likeness (QED) is 0.894. The first kappa shape index (κ1) is 13.9. The van der Waals surface area contributed by atoms with E-state index in [0.717, 1.165) is 11.1 Å². The lowest BCUT2D eigenvalue weighted by Crippen LogP contribution is -2.37. The highest BCUT2D eigenvalue weighted by atomic mass is 32.2. The van der Waals surface area contributed by atoms with Crippen molar-refractivity contribution >= 4 is 15.9 Å². The molecule has 0 unspecified atom stereocenters. The van der Waals surface area contributed by atoms with Crippen molar-refractivity contribution < 1.29 is 17.9 Å². The van der Waals surface area contributed by atoms with Crippen LogP contribution in [0.5, 0.6) is 5.75 Å². The molecule has 1 amide bonds. The second-order valence-electron chi connectivity index (χ2n) is 4.88. The molecule has 0 spiro atoms. The summed E-state index contributed by atoms with van der Waals surface area (Å²) in [7, 11) is -3.00. The van der Waals surface area contributed by atoms with Gasteiger partial charge in [-0.05, 0) is 43.5 Å². The molecule has 1 heterocycles. The standard InChI is InChI=1S/C13H17NO4S/c1-9-3-4-12(7-10(9)2)18-13(15)14-11-5-6-19(16,17)8-11/h3-4,7,11H,5-6,8H2,1-2H3,(H,14,15)/t11-/m0/s1. The van der Waals surface area contributed by atoms with Crippen LogP contribution < -0.4 is 10.1 Å². The van der Waals surface area contributed by atoms with E-state index in [2.05, 4.69) is 5.32 Å². The van der Waals surface area contributed by atoms with E-state index in [0.29, 0.717) is 12.2 Å². The second-order valence-corrected chi connectivity index (χ2v) is 7.11. The number of amides is 1. The van der Waals surface area contributed by atoms with Gasteiger partial charge in [-0.2, -0.15) is 0 Å². The Bertz CT molecular complexity index is 595. The van der Waals surface area contributed by atoms with Crippen LogP contribution in [0.4, 0.5) is 4.79 Å². The highest BCUT2D eigenvalue weighted by molar-refractivity contribution is 7.91. The zero-order valence-electron chi connectivity index (χ0n) is 11.0. The Morgan fingerprint density at radius 3 is 2.63 bits per heavy atom. The lowest BCUT2D eigenvalue weighted by Gasteiger charge is -2.11. The third kappa shape index (κ3) is 3.70. The summed E-state index contributed by atoms with van der Waals surface area (Å²) in [5.74, 6) is 0.581. The molecule has 0 saturated carbocycles. The Labute approximate surface area is 112 Å². The van der Waals surface area contributed by atoms with Gasteiger partial charge in [0.1, 0.15) is 5.75 Å². The fraction of sp³-hybridized carbons (Fsp3) is 0.462. The van der Waals surface area contributed by atoms with Gasteiger partial charge in [0.25, 0.3) is 0 Å². The lowest BCUT2D eigenvalue weighted by molar-refractivity contribution is 0.197. The van der Waals surface area contributed by atoms with E-state index >= 15 is 0 Å². The molecule has 2 rings (SSSR count). The molecular formula is C13H17NO4S.